The summed E-state index contributed by atoms with van der Waals surface area (Å²) < 4.78 is 27.9. The lowest BCUT2D eigenvalue weighted by molar-refractivity contribution is 0.0757. The molecule has 0 bridgehead atoms. The summed E-state index contributed by atoms with van der Waals surface area (Å²) >= 11 is 3.42. The lowest BCUT2D eigenvalue weighted by Crippen LogP contribution is -2.31. The molecule has 2 nitrogen and oxygen atoms in total. The molecule has 5 heteroatoms. The highest BCUT2D eigenvalue weighted by Crippen LogP contribution is 2.49. The van der Waals surface area contributed by atoms with Crippen LogP contribution in [0.5, 0.6) is 0 Å². The summed E-state index contributed by atoms with van der Waals surface area (Å²) in [5.74, 6) is -0.521. The fraction of sp³-hybridized carbons (Fsp3) is 0.179. The van der Waals surface area contributed by atoms with Crippen LogP contribution in [0.3, 0.4) is 0 Å². The van der Waals surface area contributed by atoms with E-state index in [2.05, 4.69) is 22.0 Å². The number of hydrogen-bond donors (Lipinski definition) is 0. The highest BCUT2D eigenvalue weighted by molar-refractivity contribution is 9.10. The van der Waals surface area contributed by atoms with E-state index in [1.165, 1.54) is 24.3 Å². The molecule has 0 radical (unpaired) electrons. The van der Waals surface area contributed by atoms with Gasteiger partial charge in [-0.1, -0.05) is 46.3 Å². The first-order valence-electron chi connectivity index (χ1n) is 11.0. The second-order valence-electron chi connectivity index (χ2n) is 8.52. The van der Waals surface area contributed by atoms with E-state index in [4.69, 9.17) is 0 Å². The zero-order valence-corrected chi connectivity index (χ0v) is 19.4. The minimum atomic E-state index is -0.295. The first-order valence-corrected chi connectivity index (χ1v) is 11.8. The standard InChI is InChI=1S/C28H22BrF2NO/c29-22-10-6-20(7-11-22)28(33)32-17-26-21(16-18-4-12-23(30)13-5-18)2-1-3-25(26)27(32)19-8-14-24(31)15-9-19/h4-17,25,27H,1-3H2/b21-16+. The van der Waals surface area contributed by atoms with Gasteiger partial charge in [0.1, 0.15) is 11.6 Å². The van der Waals surface area contributed by atoms with Gasteiger partial charge < -0.3 is 4.90 Å². The Morgan fingerprint density at radius 1 is 0.909 bits per heavy atom. The summed E-state index contributed by atoms with van der Waals surface area (Å²) in [4.78, 5) is 15.4. The van der Waals surface area contributed by atoms with Gasteiger partial charge >= 0.3 is 0 Å². The van der Waals surface area contributed by atoms with E-state index in [-0.39, 0.29) is 29.5 Å². The summed E-state index contributed by atoms with van der Waals surface area (Å²) in [7, 11) is 0. The van der Waals surface area contributed by atoms with E-state index in [1.807, 2.05) is 30.5 Å². The Labute approximate surface area is 200 Å². The number of carbonyl (C=O) groups excluding carboxylic acids is 1. The van der Waals surface area contributed by atoms with E-state index >= 15 is 0 Å². The van der Waals surface area contributed by atoms with Crippen LogP contribution in [0.25, 0.3) is 6.08 Å². The fourth-order valence-electron chi connectivity index (χ4n) is 4.88. The molecule has 2 aliphatic rings. The van der Waals surface area contributed by atoms with Crippen molar-refractivity contribution in [3.63, 3.8) is 0 Å². The lowest BCUT2D eigenvalue weighted by atomic mass is 9.76. The van der Waals surface area contributed by atoms with Crippen LogP contribution in [-0.4, -0.2) is 10.8 Å². The van der Waals surface area contributed by atoms with Crippen LogP contribution in [-0.2, 0) is 0 Å². The smallest absolute Gasteiger partial charge is 0.258 e. The number of halogens is 3. The Kier molecular flexibility index (Phi) is 5.98. The molecule has 166 valence electrons. The number of nitrogens with zero attached hydrogens (tertiary/aromatic N) is 1. The lowest BCUT2D eigenvalue weighted by Gasteiger charge is -2.32. The molecule has 1 heterocycles. The zero-order valence-electron chi connectivity index (χ0n) is 17.8. The minimum absolute atomic E-state index is 0.0835. The average molecular weight is 506 g/mol. The van der Waals surface area contributed by atoms with Crippen LogP contribution < -0.4 is 0 Å². The van der Waals surface area contributed by atoms with Gasteiger partial charge in [0.05, 0.1) is 6.04 Å². The van der Waals surface area contributed by atoms with Crippen LogP contribution in [0.4, 0.5) is 8.78 Å². The predicted molar refractivity (Wildman–Crippen MR) is 129 cm³/mol. The van der Waals surface area contributed by atoms with Gasteiger partial charge in [0.25, 0.3) is 5.91 Å². The van der Waals surface area contributed by atoms with Crippen molar-refractivity contribution in [3.05, 3.63) is 123 Å². The van der Waals surface area contributed by atoms with Crippen molar-refractivity contribution in [1.82, 2.24) is 4.90 Å². The molecule has 0 spiro atoms. The van der Waals surface area contributed by atoms with Crippen molar-refractivity contribution in [2.75, 3.05) is 0 Å². The van der Waals surface area contributed by atoms with Gasteiger partial charge in [0.2, 0.25) is 0 Å². The van der Waals surface area contributed by atoms with Gasteiger partial charge in [-0.25, -0.2) is 8.78 Å². The number of allylic oxidation sites excluding steroid dienone is 1. The molecule has 1 aliphatic carbocycles. The molecule has 5 rings (SSSR count). The molecule has 1 saturated carbocycles. The summed E-state index contributed by atoms with van der Waals surface area (Å²) in [5.41, 5.74) is 4.75. The fourth-order valence-corrected chi connectivity index (χ4v) is 5.14. The summed E-state index contributed by atoms with van der Waals surface area (Å²) in [6.07, 6.45) is 6.90. The maximum atomic E-state index is 13.7. The van der Waals surface area contributed by atoms with Crippen molar-refractivity contribution in [2.45, 2.75) is 25.3 Å². The zero-order chi connectivity index (χ0) is 22.9. The van der Waals surface area contributed by atoms with Gasteiger partial charge in [0.15, 0.2) is 0 Å². The van der Waals surface area contributed by atoms with E-state index in [0.717, 1.165) is 46.0 Å². The first kappa shape index (κ1) is 21.8. The number of carbonyl (C=O) groups is 1. The highest BCUT2D eigenvalue weighted by atomic mass is 79.9. The molecule has 0 aromatic heterocycles. The van der Waals surface area contributed by atoms with Crippen molar-refractivity contribution < 1.29 is 13.6 Å². The van der Waals surface area contributed by atoms with Gasteiger partial charge in [-0.2, -0.15) is 0 Å². The Bertz CT molecular complexity index is 1230. The van der Waals surface area contributed by atoms with E-state index in [1.54, 1.807) is 29.2 Å². The van der Waals surface area contributed by atoms with Gasteiger partial charge in [-0.15, -0.1) is 0 Å². The third kappa shape index (κ3) is 4.42. The van der Waals surface area contributed by atoms with Crippen molar-refractivity contribution in [3.8, 4) is 0 Å². The maximum absolute atomic E-state index is 13.7. The number of benzene rings is 3. The molecule has 0 N–H and O–H groups in total. The summed E-state index contributed by atoms with van der Waals surface area (Å²) in [6, 6.07) is 20.0. The van der Waals surface area contributed by atoms with Gasteiger partial charge in [0, 0.05) is 22.2 Å². The normalized spacial score (nSPS) is 21.1. The quantitative estimate of drug-likeness (QED) is 0.357. The monoisotopic (exact) mass is 505 g/mol. The predicted octanol–water partition coefficient (Wildman–Crippen LogP) is 7.69. The molecule has 3 aromatic carbocycles. The number of fused-ring (bicyclic) bond motifs is 1. The molecule has 3 aromatic rings. The van der Waals surface area contributed by atoms with Gasteiger partial charge in [-0.05, 0) is 90.1 Å². The summed E-state index contributed by atoms with van der Waals surface area (Å²) in [5, 5.41) is 0. The first-order chi connectivity index (χ1) is 16.0. The minimum Gasteiger partial charge on any atom is -0.307 e. The highest BCUT2D eigenvalue weighted by Gasteiger charge is 2.41. The molecular formula is C28H22BrF2NO. The Balaban J connectivity index is 1.57. The molecule has 1 aliphatic heterocycles. The van der Waals surface area contributed by atoms with Crippen LogP contribution in [0.2, 0.25) is 0 Å². The number of hydrogen-bond acceptors (Lipinski definition) is 1. The summed E-state index contributed by atoms with van der Waals surface area (Å²) in [6.45, 7) is 0. The van der Waals surface area contributed by atoms with E-state index in [9.17, 15) is 13.6 Å². The van der Waals surface area contributed by atoms with Crippen LogP contribution in [0.1, 0.15) is 46.8 Å². The molecule has 1 amide bonds. The number of rotatable bonds is 3. The Morgan fingerprint density at radius 2 is 1.55 bits per heavy atom. The molecule has 33 heavy (non-hydrogen) atoms. The third-order valence-electron chi connectivity index (χ3n) is 6.44. The SMILES string of the molecule is O=C(c1ccc(Br)cc1)N1C=C2/C(=C/c3ccc(F)cc3)CCCC2C1c1ccc(F)cc1. The van der Waals surface area contributed by atoms with Crippen molar-refractivity contribution >= 4 is 27.9 Å². The largest absolute Gasteiger partial charge is 0.307 e. The second kappa shape index (κ2) is 9.06. The van der Waals surface area contributed by atoms with Crippen molar-refractivity contribution in [1.29, 1.82) is 0 Å². The Hall–Kier alpha value is -3.05. The topological polar surface area (TPSA) is 20.3 Å². The molecule has 1 fully saturated rings. The molecular weight excluding hydrogens is 484 g/mol. The molecule has 2 unspecified atom stereocenters. The third-order valence-corrected chi connectivity index (χ3v) is 6.97. The second-order valence-corrected chi connectivity index (χ2v) is 9.44. The maximum Gasteiger partial charge on any atom is 0.258 e. The van der Waals surface area contributed by atoms with E-state index in [0.29, 0.717) is 5.56 Å². The van der Waals surface area contributed by atoms with Gasteiger partial charge in [-0.3, -0.25) is 4.79 Å². The van der Waals surface area contributed by atoms with Crippen LogP contribution in [0.15, 0.2) is 94.6 Å². The van der Waals surface area contributed by atoms with Crippen LogP contribution >= 0.6 is 15.9 Å². The Morgan fingerprint density at radius 3 is 2.21 bits per heavy atom. The van der Waals surface area contributed by atoms with Crippen LogP contribution in [0, 0.1) is 17.6 Å². The molecule has 0 saturated heterocycles. The number of amides is 1. The molecule has 2 atom stereocenters. The van der Waals surface area contributed by atoms with E-state index < -0.39 is 0 Å². The van der Waals surface area contributed by atoms with Crippen molar-refractivity contribution in [2.24, 2.45) is 5.92 Å². The average Bonchev–Trinajstić information content (AvgIpc) is 3.22.